The Hall–Kier alpha value is -1.46. The minimum atomic E-state index is -0.379. The summed E-state index contributed by atoms with van der Waals surface area (Å²) >= 11 is 0. The van der Waals surface area contributed by atoms with Gasteiger partial charge >= 0.3 is 5.97 Å². The Bertz CT molecular complexity index is 456. The molecular weight excluding hydrogens is 244 g/mol. The zero-order valence-corrected chi connectivity index (χ0v) is 11.5. The fourth-order valence-electron chi connectivity index (χ4n) is 2.24. The zero-order chi connectivity index (χ0) is 14.0. The third-order valence-electron chi connectivity index (χ3n) is 3.99. The van der Waals surface area contributed by atoms with Crippen molar-refractivity contribution in [2.24, 2.45) is 5.41 Å². The van der Waals surface area contributed by atoms with E-state index in [1.165, 1.54) is 13.3 Å². The van der Waals surface area contributed by atoms with E-state index in [9.17, 15) is 9.90 Å². The van der Waals surface area contributed by atoms with Gasteiger partial charge in [-0.3, -0.25) is 4.98 Å². The van der Waals surface area contributed by atoms with Crippen LogP contribution in [0.4, 0.5) is 0 Å². The van der Waals surface area contributed by atoms with E-state index in [1.54, 1.807) is 12.1 Å². The summed E-state index contributed by atoms with van der Waals surface area (Å²) in [6, 6.07) is 3.81. The van der Waals surface area contributed by atoms with Gasteiger partial charge in [0.2, 0.25) is 0 Å². The van der Waals surface area contributed by atoms with Crippen molar-refractivity contribution < 1.29 is 14.6 Å². The second-order valence-corrected chi connectivity index (χ2v) is 5.54. The summed E-state index contributed by atoms with van der Waals surface area (Å²) < 4.78 is 4.62. The molecule has 0 radical (unpaired) electrons. The highest BCUT2D eigenvalue weighted by molar-refractivity contribution is 5.88. The topological polar surface area (TPSA) is 71.5 Å². The van der Waals surface area contributed by atoms with Crippen LogP contribution in [0, 0.1) is 5.41 Å². The molecule has 0 spiro atoms. The predicted octanol–water partition coefficient (Wildman–Crippen LogP) is 1.12. The Morgan fingerprint density at radius 1 is 1.58 bits per heavy atom. The van der Waals surface area contributed by atoms with Crippen LogP contribution in [0.25, 0.3) is 0 Å². The average molecular weight is 264 g/mol. The van der Waals surface area contributed by atoms with E-state index in [0.717, 1.165) is 12.1 Å². The smallest absolute Gasteiger partial charge is 0.339 e. The van der Waals surface area contributed by atoms with Gasteiger partial charge in [-0.15, -0.1) is 0 Å². The largest absolute Gasteiger partial charge is 0.465 e. The molecule has 0 saturated heterocycles. The lowest BCUT2D eigenvalue weighted by Crippen LogP contribution is -2.59. The van der Waals surface area contributed by atoms with Crippen LogP contribution in [-0.4, -0.2) is 35.3 Å². The van der Waals surface area contributed by atoms with Crippen LogP contribution < -0.4 is 5.32 Å². The Balaban J connectivity index is 1.89. The molecule has 1 fully saturated rings. The van der Waals surface area contributed by atoms with Crippen LogP contribution in [0.3, 0.4) is 0 Å². The molecule has 0 bridgehead atoms. The summed E-state index contributed by atoms with van der Waals surface area (Å²) in [5, 5.41) is 13.0. The highest BCUT2D eigenvalue weighted by Crippen LogP contribution is 2.40. The Labute approximate surface area is 113 Å². The number of hydrogen-bond acceptors (Lipinski definition) is 5. The molecule has 19 heavy (non-hydrogen) atoms. The SMILES string of the molecule is COC(=O)c1ccc(CNC2CC(O)C2(C)C)nc1. The first-order valence-electron chi connectivity index (χ1n) is 6.40. The number of pyridine rings is 1. The molecular formula is C14H20N2O3. The number of aliphatic hydroxyl groups is 1. The molecule has 2 unspecified atom stereocenters. The fourth-order valence-corrected chi connectivity index (χ4v) is 2.24. The minimum absolute atomic E-state index is 0.0913. The first kappa shape index (κ1) is 14.0. The number of carbonyl (C=O) groups excluding carboxylic acids is 1. The lowest BCUT2D eigenvalue weighted by atomic mass is 9.64. The van der Waals surface area contributed by atoms with E-state index in [2.05, 4.69) is 15.0 Å². The van der Waals surface area contributed by atoms with Crippen molar-refractivity contribution in [1.82, 2.24) is 10.3 Å². The minimum Gasteiger partial charge on any atom is -0.465 e. The van der Waals surface area contributed by atoms with Crippen LogP contribution in [0.2, 0.25) is 0 Å². The predicted molar refractivity (Wildman–Crippen MR) is 70.6 cm³/mol. The van der Waals surface area contributed by atoms with Gasteiger partial charge in [0.25, 0.3) is 0 Å². The van der Waals surface area contributed by atoms with Crippen molar-refractivity contribution in [2.75, 3.05) is 7.11 Å². The van der Waals surface area contributed by atoms with Crippen molar-refractivity contribution in [3.8, 4) is 0 Å². The second kappa shape index (κ2) is 5.27. The van der Waals surface area contributed by atoms with E-state index in [0.29, 0.717) is 18.2 Å². The van der Waals surface area contributed by atoms with E-state index in [4.69, 9.17) is 0 Å². The molecule has 0 amide bonds. The number of nitrogens with one attached hydrogen (secondary N) is 1. The number of aromatic nitrogens is 1. The van der Waals surface area contributed by atoms with Crippen molar-refractivity contribution in [3.63, 3.8) is 0 Å². The molecule has 104 valence electrons. The van der Waals surface area contributed by atoms with Gasteiger partial charge in [0.1, 0.15) is 0 Å². The van der Waals surface area contributed by atoms with Crippen molar-refractivity contribution in [2.45, 2.75) is 39.0 Å². The van der Waals surface area contributed by atoms with Gasteiger partial charge in [0, 0.05) is 24.2 Å². The van der Waals surface area contributed by atoms with Gasteiger partial charge in [0.05, 0.1) is 24.5 Å². The lowest BCUT2D eigenvalue weighted by Gasteiger charge is -2.49. The molecule has 5 nitrogen and oxygen atoms in total. The number of ether oxygens (including phenoxy) is 1. The molecule has 1 aromatic rings. The van der Waals surface area contributed by atoms with Gasteiger partial charge in [0.15, 0.2) is 0 Å². The average Bonchev–Trinajstić information content (AvgIpc) is 2.43. The summed E-state index contributed by atoms with van der Waals surface area (Å²) in [4.78, 5) is 15.5. The molecule has 1 saturated carbocycles. The number of hydrogen-bond donors (Lipinski definition) is 2. The number of aliphatic hydroxyl groups excluding tert-OH is 1. The summed E-state index contributed by atoms with van der Waals surface area (Å²) in [6.45, 7) is 4.72. The van der Waals surface area contributed by atoms with E-state index >= 15 is 0 Å². The van der Waals surface area contributed by atoms with Crippen LogP contribution >= 0.6 is 0 Å². The monoisotopic (exact) mass is 264 g/mol. The van der Waals surface area contributed by atoms with E-state index in [-0.39, 0.29) is 17.5 Å². The summed E-state index contributed by atoms with van der Waals surface area (Å²) in [7, 11) is 1.35. The number of rotatable bonds is 4. The van der Waals surface area contributed by atoms with Gasteiger partial charge < -0.3 is 15.2 Å². The number of carbonyl (C=O) groups is 1. The van der Waals surface area contributed by atoms with Gasteiger partial charge in [-0.2, -0.15) is 0 Å². The lowest BCUT2D eigenvalue weighted by molar-refractivity contribution is -0.0730. The zero-order valence-electron chi connectivity index (χ0n) is 11.5. The van der Waals surface area contributed by atoms with E-state index in [1.807, 2.05) is 13.8 Å². The van der Waals surface area contributed by atoms with Crippen LogP contribution in [0.15, 0.2) is 18.3 Å². The van der Waals surface area contributed by atoms with Gasteiger partial charge in [-0.25, -0.2) is 4.79 Å². The molecule has 1 aliphatic carbocycles. The molecule has 2 rings (SSSR count). The summed E-state index contributed by atoms with van der Waals surface area (Å²) in [5.41, 5.74) is 1.22. The molecule has 5 heteroatoms. The highest BCUT2D eigenvalue weighted by Gasteiger charge is 2.46. The fraction of sp³-hybridized carbons (Fsp3) is 0.571. The first-order valence-corrected chi connectivity index (χ1v) is 6.40. The molecule has 1 aliphatic rings. The summed E-state index contributed by atoms with van der Waals surface area (Å²) in [6.07, 6.45) is 2.05. The molecule has 2 N–H and O–H groups in total. The third-order valence-corrected chi connectivity index (χ3v) is 3.99. The Morgan fingerprint density at radius 3 is 2.79 bits per heavy atom. The second-order valence-electron chi connectivity index (χ2n) is 5.54. The molecule has 0 aliphatic heterocycles. The maximum atomic E-state index is 11.3. The van der Waals surface area contributed by atoms with Gasteiger partial charge in [-0.05, 0) is 18.6 Å². The van der Waals surface area contributed by atoms with Crippen LogP contribution in [-0.2, 0) is 11.3 Å². The third kappa shape index (κ3) is 2.77. The molecule has 0 aromatic carbocycles. The Morgan fingerprint density at radius 2 is 2.32 bits per heavy atom. The quantitative estimate of drug-likeness (QED) is 0.797. The maximum Gasteiger partial charge on any atom is 0.339 e. The summed E-state index contributed by atoms with van der Waals surface area (Å²) in [5.74, 6) is -0.379. The van der Waals surface area contributed by atoms with Crippen LogP contribution in [0.5, 0.6) is 0 Å². The van der Waals surface area contributed by atoms with Crippen molar-refractivity contribution >= 4 is 5.97 Å². The van der Waals surface area contributed by atoms with Crippen LogP contribution in [0.1, 0.15) is 36.3 Å². The van der Waals surface area contributed by atoms with Crippen molar-refractivity contribution in [3.05, 3.63) is 29.6 Å². The van der Waals surface area contributed by atoms with E-state index < -0.39 is 0 Å². The maximum absolute atomic E-state index is 11.3. The number of nitrogens with zero attached hydrogens (tertiary/aromatic N) is 1. The highest BCUT2D eigenvalue weighted by atomic mass is 16.5. The molecule has 1 heterocycles. The molecule has 2 atom stereocenters. The normalized spacial score (nSPS) is 24.6. The van der Waals surface area contributed by atoms with Crippen molar-refractivity contribution in [1.29, 1.82) is 0 Å². The van der Waals surface area contributed by atoms with Gasteiger partial charge in [-0.1, -0.05) is 13.8 Å². The number of esters is 1. The molecule has 1 aromatic heterocycles. The number of methoxy groups -OCH3 is 1. The standard InChI is InChI=1S/C14H20N2O3/c1-14(2)11(6-12(14)17)16-8-10-5-4-9(7-15-10)13(18)19-3/h4-5,7,11-12,16-17H,6,8H2,1-3H3. The first-order chi connectivity index (χ1) is 8.95. The Kier molecular flexibility index (Phi) is 3.87.